The molecule has 17 heavy (non-hydrogen) atoms. The van der Waals surface area contributed by atoms with E-state index in [2.05, 4.69) is 34.8 Å². The van der Waals surface area contributed by atoms with E-state index in [1.807, 2.05) is 19.1 Å². The van der Waals surface area contributed by atoms with Crippen LogP contribution in [0.4, 0.5) is 0 Å². The summed E-state index contributed by atoms with van der Waals surface area (Å²) in [6, 6.07) is 3.94. The van der Waals surface area contributed by atoms with Crippen LogP contribution in [-0.2, 0) is 6.54 Å². The topological polar surface area (TPSA) is 23.5 Å². The molecule has 2 nitrogen and oxygen atoms in total. The van der Waals surface area contributed by atoms with Gasteiger partial charge in [-0.2, -0.15) is 0 Å². The van der Waals surface area contributed by atoms with Crippen molar-refractivity contribution in [2.75, 3.05) is 13.6 Å². The zero-order valence-corrected chi connectivity index (χ0v) is 12.5. The van der Waals surface area contributed by atoms with E-state index in [1.165, 1.54) is 19.3 Å². The van der Waals surface area contributed by atoms with Gasteiger partial charge >= 0.3 is 0 Å². The first-order chi connectivity index (χ1) is 8.04. The van der Waals surface area contributed by atoms with Crippen molar-refractivity contribution in [3.05, 3.63) is 27.7 Å². The van der Waals surface area contributed by atoms with Crippen molar-refractivity contribution in [2.24, 2.45) is 0 Å². The maximum Gasteiger partial charge on any atom is 0.123 e. The number of halogens is 1. The Morgan fingerprint density at radius 3 is 2.65 bits per heavy atom. The third-order valence-electron chi connectivity index (χ3n) is 2.93. The first kappa shape index (κ1) is 14.5. The van der Waals surface area contributed by atoms with Crippen molar-refractivity contribution >= 4 is 15.9 Å². The molecule has 1 aromatic rings. The van der Waals surface area contributed by atoms with Gasteiger partial charge in [0, 0.05) is 16.6 Å². The average molecular weight is 300 g/mol. The van der Waals surface area contributed by atoms with Crippen LogP contribution in [0.1, 0.15) is 37.3 Å². The van der Waals surface area contributed by atoms with Gasteiger partial charge in [0.25, 0.3) is 0 Å². The minimum Gasteiger partial charge on any atom is -0.507 e. The fourth-order valence-electron chi connectivity index (χ4n) is 1.93. The Bertz CT molecular complexity index is 365. The van der Waals surface area contributed by atoms with Gasteiger partial charge in [-0.15, -0.1) is 0 Å². The maximum atomic E-state index is 9.99. The Morgan fingerprint density at radius 1 is 1.29 bits per heavy atom. The molecule has 1 aromatic carbocycles. The minimum atomic E-state index is 0.426. The van der Waals surface area contributed by atoms with Crippen molar-refractivity contribution in [3.63, 3.8) is 0 Å². The van der Waals surface area contributed by atoms with E-state index < -0.39 is 0 Å². The summed E-state index contributed by atoms with van der Waals surface area (Å²) in [6.45, 7) is 6.03. The number of benzene rings is 1. The van der Waals surface area contributed by atoms with Crippen LogP contribution in [0.3, 0.4) is 0 Å². The molecule has 0 unspecified atom stereocenters. The van der Waals surface area contributed by atoms with E-state index in [9.17, 15) is 5.11 Å². The molecule has 0 radical (unpaired) electrons. The van der Waals surface area contributed by atoms with Gasteiger partial charge < -0.3 is 10.0 Å². The highest BCUT2D eigenvalue weighted by Gasteiger charge is 2.08. The van der Waals surface area contributed by atoms with Gasteiger partial charge in [-0.1, -0.05) is 35.7 Å². The van der Waals surface area contributed by atoms with Crippen LogP contribution >= 0.6 is 15.9 Å². The normalized spacial score (nSPS) is 11.1. The van der Waals surface area contributed by atoms with E-state index in [1.54, 1.807) is 0 Å². The number of aromatic hydroxyl groups is 1. The Labute approximate surface area is 113 Å². The summed E-state index contributed by atoms with van der Waals surface area (Å²) in [6.07, 6.45) is 3.74. The largest absolute Gasteiger partial charge is 0.507 e. The smallest absolute Gasteiger partial charge is 0.123 e. The van der Waals surface area contributed by atoms with Gasteiger partial charge in [-0.25, -0.2) is 0 Å². The predicted molar refractivity (Wildman–Crippen MR) is 76.4 cm³/mol. The third-order valence-corrected chi connectivity index (χ3v) is 3.39. The zero-order chi connectivity index (χ0) is 12.8. The minimum absolute atomic E-state index is 0.426. The molecule has 0 heterocycles. The Morgan fingerprint density at radius 2 is 2.00 bits per heavy atom. The maximum absolute atomic E-state index is 9.99. The van der Waals surface area contributed by atoms with Crippen molar-refractivity contribution in [3.8, 4) is 5.75 Å². The van der Waals surface area contributed by atoms with Gasteiger partial charge in [-0.05, 0) is 44.6 Å². The molecule has 0 aromatic heterocycles. The fraction of sp³-hybridized carbons (Fsp3) is 0.571. The molecule has 96 valence electrons. The Balaban J connectivity index is 2.61. The molecule has 3 heteroatoms. The van der Waals surface area contributed by atoms with Crippen LogP contribution < -0.4 is 0 Å². The number of unbranched alkanes of at least 4 members (excludes halogenated alkanes) is 2. The SMILES string of the molecule is CCCCCN(C)Cc1cc(Br)cc(C)c1O. The second kappa shape index (κ2) is 7.02. The molecule has 0 fully saturated rings. The van der Waals surface area contributed by atoms with Crippen LogP contribution in [0.2, 0.25) is 0 Å². The van der Waals surface area contributed by atoms with E-state index in [-0.39, 0.29) is 0 Å². The van der Waals surface area contributed by atoms with Gasteiger partial charge in [0.15, 0.2) is 0 Å². The molecule has 1 rings (SSSR count). The number of hydrogen-bond acceptors (Lipinski definition) is 2. The van der Waals surface area contributed by atoms with E-state index in [0.717, 1.165) is 28.7 Å². The lowest BCUT2D eigenvalue weighted by molar-refractivity contribution is 0.312. The molecule has 0 saturated carbocycles. The Hall–Kier alpha value is -0.540. The van der Waals surface area contributed by atoms with Crippen LogP contribution in [0.25, 0.3) is 0 Å². The first-order valence-corrected chi connectivity index (χ1v) is 7.00. The van der Waals surface area contributed by atoms with Crippen molar-refractivity contribution < 1.29 is 5.11 Å². The number of phenols is 1. The van der Waals surface area contributed by atoms with E-state index >= 15 is 0 Å². The van der Waals surface area contributed by atoms with E-state index in [0.29, 0.717) is 5.75 Å². The van der Waals surface area contributed by atoms with Crippen molar-refractivity contribution in [2.45, 2.75) is 39.7 Å². The van der Waals surface area contributed by atoms with Crippen LogP contribution in [0, 0.1) is 6.92 Å². The third kappa shape index (κ3) is 4.68. The molecule has 1 N–H and O–H groups in total. The average Bonchev–Trinajstić information content (AvgIpc) is 2.25. The van der Waals surface area contributed by atoms with Crippen LogP contribution in [-0.4, -0.2) is 23.6 Å². The lowest BCUT2D eigenvalue weighted by atomic mass is 10.1. The monoisotopic (exact) mass is 299 g/mol. The summed E-state index contributed by atoms with van der Waals surface area (Å²) in [5.74, 6) is 0.426. The summed E-state index contributed by atoms with van der Waals surface area (Å²) in [5, 5.41) is 9.99. The quantitative estimate of drug-likeness (QED) is 0.800. The summed E-state index contributed by atoms with van der Waals surface area (Å²) >= 11 is 3.47. The number of nitrogens with zero attached hydrogens (tertiary/aromatic N) is 1. The predicted octanol–water partition coefficient (Wildman–Crippen LogP) is 4.09. The lowest BCUT2D eigenvalue weighted by Gasteiger charge is -2.18. The molecule has 0 bridgehead atoms. The zero-order valence-electron chi connectivity index (χ0n) is 11.0. The Kier molecular flexibility index (Phi) is 6.00. The van der Waals surface area contributed by atoms with Gasteiger partial charge in [0.05, 0.1) is 0 Å². The van der Waals surface area contributed by atoms with Crippen molar-refractivity contribution in [1.82, 2.24) is 4.90 Å². The molecule has 0 spiro atoms. The summed E-state index contributed by atoms with van der Waals surface area (Å²) < 4.78 is 1.03. The van der Waals surface area contributed by atoms with E-state index in [4.69, 9.17) is 0 Å². The number of aryl methyl sites for hydroxylation is 1. The summed E-state index contributed by atoms with van der Waals surface area (Å²) in [4.78, 5) is 2.26. The standard InChI is InChI=1S/C14H22BrNO/c1-4-5-6-7-16(3)10-12-9-13(15)8-11(2)14(12)17/h8-9,17H,4-7,10H2,1-3H3. The molecular weight excluding hydrogens is 278 g/mol. The number of hydrogen-bond donors (Lipinski definition) is 1. The summed E-state index contributed by atoms with van der Waals surface area (Å²) in [5.41, 5.74) is 1.92. The summed E-state index contributed by atoms with van der Waals surface area (Å²) in [7, 11) is 2.10. The highest BCUT2D eigenvalue weighted by Crippen LogP contribution is 2.27. The first-order valence-electron chi connectivity index (χ1n) is 6.21. The van der Waals surface area contributed by atoms with Crippen molar-refractivity contribution in [1.29, 1.82) is 0 Å². The highest BCUT2D eigenvalue weighted by atomic mass is 79.9. The molecular formula is C14H22BrNO. The second-order valence-electron chi connectivity index (χ2n) is 4.68. The molecule has 0 amide bonds. The molecule has 0 atom stereocenters. The second-order valence-corrected chi connectivity index (χ2v) is 5.59. The fourth-order valence-corrected chi connectivity index (χ4v) is 2.55. The van der Waals surface area contributed by atoms with Crippen LogP contribution in [0.5, 0.6) is 5.75 Å². The van der Waals surface area contributed by atoms with Crippen LogP contribution in [0.15, 0.2) is 16.6 Å². The van der Waals surface area contributed by atoms with Gasteiger partial charge in [-0.3, -0.25) is 0 Å². The number of rotatable bonds is 6. The van der Waals surface area contributed by atoms with Gasteiger partial charge in [0.2, 0.25) is 0 Å². The molecule has 0 saturated heterocycles. The lowest BCUT2D eigenvalue weighted by Crippen LogP contribution is -2.19. The molecule has 0 aliphatic rings. The highest BCUT2D eigenvalue weighted by molar-refractivity contribution is 9.10. The molecule has 0 aliphatic carbocycles. The number of phenolic OH excluding ortho intramolecular Hbond substituents is 1. The van der Waals surface area contributed by atoms with Gasteiger partial charge in [0.1, 0.15) is 5.75 Å². The molecule has 0 aliphatic heterocycles.